The van der Waals surface area contributed by atoms with Gasteiger partial charge in [0.15, 0.2) is 0 Å². The molecule has 0 fully saturated rings. The quantitative estimate of drug-likeness (QED) is 0.705. The number of aromatic carboxylic acids is 1. The normalized spacial score (nSPS) is 8.33. The molecule has 0 atom stereocenters. The van der Waals surface area contributed by atoms with Crippen molar-refractivity contribution in [1.29, 1.82) is 0 Å². The minimum absolute atomic E-state index is 0. The van der Waals surface area contributed by atoms with Crippen LogP contribution in [-0.2, 0) is 0 Å². The molecule has 0 saturated carbocycles. The van der Waals surface area contributed by atoms with Crippen LogP contribution in [0, 0.1) is 0 Å². The van der Waals surface area contributed by atoms with Gasteiger partial charge in [-0.2, -0.15) is 0 Å². The van der Waals surface area contributed by atoms with Gasteiger partial charge in [-0.1, -0.05) is 30.9 Å². The van der Waals surface area contributed by atoms with Crippen LogP contribution in [0.15, 0.2) is 30.8 Å². The molecule has 0 unspecified atom stereocenters. The van der Waals surface area contributed by atoms with Crippen LogP contribution in [0.4, 0.5) is 0 Å². The molecule has 0 spiro atoms. The fourth-order valence-corrected chi connectivity index (χ4v) is 0.870. The lowest BCUT2D eigenvalue weighted by Gasteiger charge is -1.97. The molecule has 0 bridgehead atoms. The molecule has 0 aliphatic rings. The molecule has 1 aromatic rings. The predicted molar refractivity (Wildman–Crippen MR) is 48.5 cm³/mol. The van der Waals surface area contributed by atoms with Gasteiger partial charge in [0.1, 0.15) is 0 Å². The van der Waals surface area contributed by atoms with Crippen LogP contribution in [0.25, 0.3) is 6.08 Å². The highest BCUT2D eigenvalue weighted by Gasteiger charge is 2.04. The highest BCUT2D eigenvalue weighted by molar-refractivity contribution is 5.91. The third-order valence-electron chi connectivity index (χ3n) is 1.41. The van der Waals surface area contributed by atoms with Gasteiger partial charge in [0.25, 0.3) is 0 Å². The van der Waals surface area contributed by atoms with E-state index < -0.39 is 5.97 Å². The summed E-state index contributed by atoms with van der Waals surface area (Å²) in [5.41, 5.74) is 0.947. The van der Waals surface area contributed by atoms with Gasteiger partial charge < -0.3 is 11.3 Å². The molecular formula is C9H11NO2. The first-order chi connectivity index (χ1) is 5.25. The van der Waals surface area contributed by atoms with E-state index >= 15 is 0 Å². The van der Waals surface area contributed by atoms with Crippen molar-refractivity contribution in [1.82, 2.24) is 6.15 Å². The predicted octanol–water partition coefficient (Wildman–Crippen LogP) is 2.19. The topological polar surface area (TPSA) is 72.3 Å². The zero-order valence-corrected chi connectivity index (χ0v) is 6.66. The summed E-state index contributed by atoms with van der Waals surface area (Å²) in [6.45, 7) is 3.51. The van der Waals surface area contributed by atoms with Crippen LogP contribution in [0.2, 0.25) is 0 Å². The third-order valence-corrected chi connectivity index (χ3v) is 1.41. The highest BCUT2D eigenvalue weighted by atomic mass is 16.4. The Morgan fingerprint density at radius 1 is 1.42 bits per heavy atom. The van der Waals surface area contributed by atoms with Crippen molar-refractivity contribution in [2.75, 3.05) is 0 Å². The molecule has 64 valence electrons. The van der Waals surface area contributed by atoms with Gasteiger partial charge in [-0.25, -0.2) is 4.79 Å². The maximum absolute atomic E-state index is 10.5. The van der Waals surface area contributed by atoms with Gasteiger partial charge in [-0.3, -0.25) is 0 Å². The van der Waals surface area contributed by atoms with Crippen LogP contribution in [-0.4, -0.2) is 11.1 Å². The van der Waals surface area contributed by atoms with Crippen LogP contribution in [0.1, 0.15) is 15.9 Å². The summed E-state index contributed by atoms with van der Waals surface area (Å²) in [6.07, 6.45) is 1.53. The van der Waals surface area contributed by atoms with E-state index in [9.17, 15) is 4.79 Å². The number of hydrogen-bond donors (Lipinski definition) is 2. The Bertz CT molecular complexity index is 294. The van der Waals surface area contributed by atoms with E-state index in [4.69, 9.17) is 5.11 Å². The fourth-order valence-electron chi connectivity index (χ4n) is 0.870. The molecule has 0 heterocycles. The molecule has 3 heteroatoms. The van der Waals surface area contributed by atoms with Crippen molar-refractivity contribution in [3.8, 4) is 0 Å². The molecule has 0 aliphatic heterocycles. The Morgan fingerprint density at radius 3 is 2.42 bits per heavy atom. The Morgan fingerprint density at radius 2 is 2.00 bits per heavy atom. The van der Waals surface area contributed by atoms with Crippen LogP contribution in [0.3, 0.4) is 0 Å². The monoisotopic (exact) mass is 165 g/mol. The van der Waals surface area contributed by atoms with E-state index in [0.29, 0.717) is 11.1 Å². The summed E-state index contributed by atoms with van der Waals surface area (Å²) in [6, 6.07) is 6.75. The van der Waals surface area contributed by atoms with Crippen molar-refractivity contribution in [2.45, 2.75) is 0 Å². The molecule has 0 saturated heterocycles. The zero-order valence-electron chi connectivity index (χ0n) is 6.66. The van der Waals surface area contributed by atoms with Crippen LogP contribution in [0.5, 0.6) is 0 Å². The summed E-state index contributed by atoms with van der Waals surface area (Å²) in [5, 5.41) is 8.65. The number of carboxylic acids is 1. The molecule has 1 rings (SSSR count). The summed E-state index contributed by atoms with van der Waals surface area (Å²) in [5.74, 6) is -0.916. The molecule has 1 aromatic carbocycles. The van der Waals surface area contributed by atoms with Gasteiger partial charge in [-0.15, -0.1) is 0 Å². The van der Waals surface area contributed by atoms with Gasteiger partial charge >= 0.3 is 5.97 Å². The maximum atomic E-state index is 10.5. The summed E-state index contributed by atoms with van der Waals surface area (Å²) >= 11 is 0. The molecule has 0 amide bonds. The molecule has 12 heavy (non-hydrogen) atoms. The standard InChI is InChI=1S/C9H8O2.H3N/c1-2-7-5-3-4-6-8(7)9(10)11;/h2-6H,1H2,(H,10,11);1H3. The average Bonchev–Trinajstić information content (AvgIpc) is 2.04. The number of carbonyl (C=O) groups is 1. The first kappa shape index (κ1) is 10.4. The van der Waals surface area contributed by atoms with E-state index in [1.54, 1.807) is 24.3 Å². The second kappa shape index (κ2) is 4.31. The average molecular weight is 165 g/mol. The smallest absolute Gasteiger partial charge is 0.336 e. The molecule has 0 aromatic heterocycles. The van der Waals surface area contributed by atoms with Crippen molar-refractivity contribution in [3.63, 3.8) is 0 Å². The number of benzene rings is 1. The lowest BCUT2D eigenvalue weighted by molar-refractivity contribution is 0.0696. The number of carboxylic acid groups (broad SMARTS) is 1. The number of hydrogen-bond acceptors (Lipinski definition) is 2. The maximum Gasteiger partial charge on any atom is 0.336 e. The Labute approximate surface area is 70.9 Å². The van der Waals surface area contributed by atoms with Gasteiger partial charge in [0.05, 0.1) is 5.56 Å². The lowest BCUT2D eigenvalue weighted by Crippen LogP contribution is -1.98. The Balaban J connectivity index is 0.00000121. The molecule has 4 N–H and O–H groups in total. The van der Waals surface area contributed by atoms with Crippen LogP contribution < -0.4 is 6.15 Å². The fraction of sp³-hybridized carbons (Fsp3) is 0. The molecule has 3 nitrogen and oxygen atoms in total. The molecular weight excluding hydrogens is 154 g/mol. The van der Waals surface area contributed by atoms with E-state index in [1.807, 2.05) is 0 Å². The summed E-state index contributed by atoms with van der Waals surface area (Å²) in [4.78, 5) is 10.5. The van der Waals surface area contributed by atoms with E-state index in [1.165, 1.54) is 6.08 Å². The largest absolute Gasteiger partial charge is 0.478 e. The number of rotatable bonds is 2. The molecule has 0 aliphatic carbocycles. The SMILES string of the molecule is C=Cc1ccccc1C(=O)O.N. The first-order valence-electron chi connectivity index (χ1n) is 3.20. The molecule has 0 radical (unpaired) electrons. The van der Waals surface area contributed by atoms with Crippen molar-refractivity contribution >= 4 is 12.0 Å². The second-order valence-corrected chi connectivity index (χ2v) is 2.10. The third kappa shape index (κ3) is 1.93. The highest BCUT2D eigenvalue weighted by Crippen LogP contribution is 2.08. The minimum Gasteiger partial charge on any atom is -0.478 e. The lowest BCUT2D eigenvalue weighted by atomic mass is 10.1. The zero-order chi connectivity index (χ0) is 8.27. The van der Waals surface area contributed by atoms with Crippen molar-refractivity contribution in [2.24, 2.45) is 0 Å². The summed E-state index contributed by atoms with van der Waals surface area (Å²) in [7, 11) is 0. The van der Waals surface area contributed by atoms with Gasteiger partial charge in [0, 0.05) is 0 Å². The Kier molecular flexibility index (Phi) is 3.73. The van der Waals surface area contributed by atoms with E-state index in [-0.39, 0.29) is 6.15 Å². The first-order valence-corrected chi connectivity index (χ1v) is 3.20. The Hall–Kier alpha value is -1.61. The second-order valence-electron chi connectivity index (χ2n) is 2.10. The van der Waals surface area contributed by atoms with E-state index in [0.717, 1.165) is 0 Å². The van der Waals surface area contributed by atoms with Crippen molar-refractivity contribution < 1.29 is 9.90 Å². The van der Waals surface area contributed by atoms with Gasteiger partial charge in [0.2, 0.25) is 0 Å². The van der Waals surface area contributed by atoms with E-state index in [2.05, 4.69) is 6.58 Å². The van der Waals surface area contributed by atoms with Crippen molar-refractivity contribution in [3.05, 3.63) is 42.0 Å². The van der Waals surface area contributed by atoms with Crippen LogP contribution >= 0.6 is 0 Å². The summed E-state index contributed by atoms with van der Waals surface area (Å²) < 4.78 is 0. The minimum atomic E-state index is -0.916. The van der Waals surface area contributed by atoms with Gasteiger partial charge in [-0.05, 0) is 11.6 Å².